The van der Waals surface area contributed by atoms with Crippen molar-refractivity contribution >= 4 is 11.6 Å². The van der Waals surface area contributed by atoms with E-state index < -0.39 is 0 Å². The summed E-state index contributed by atoms with van der Waals surface area (Å²) >= 11 is 0. The van der Waals surface area contributed by atoms with Crippen LogP contribution in [0.4, 0.5) is 10.1 Å². The van der Waals surface area contributed by atoms with Gasteiger partial charge in [-0.25, -0.2) is 4.39 Å². The van der Waals surface area contributed by atoms with Gasteiger partial charge in [-0.15, -0.1) is 0 Å². The standard InChI is InChI=1S/C20H25FN4O/c1-26-19(16-5-3-2-4-6-16)15-23-20(22)25-13-11-24(12-14-25)18-9-7-17(21)8-10-18/h2-10,19H,11-15H2,1H3,(H2,22,23). The molecule has 0 bridgehead atoms. The Labute approximate surface area is 153 Å². The summed E-state index contributed by atoms with van der Waals surface area (Å²) in [7, 11) is 1.69. The zero-order valence-corrected chi connectivity index (χ0v) is 15.0. The van der Waals surface area contributed by atoms with Gasteiger partial charge in [0.15, 0.2) is 5.96 Å². The van der Waals surface area contributed by atoms with Crippen LogP contribution in [0.25, 0.3) is 0 Å². The van der Waals surface area contributed by atoms with Crippen molar-refractivity contribution in [1.82, 2.24) is 4.90 Å². The number of hydrogen-bond acceptors (Lipinski definition) is 3. The van der Waals surface area contributed by atoms with Crippen molar-refractivity contribution < 1.29 is 9.13 Å². The Bertz CT molecular complexity index is 712. The predicted molar refractivity (Wildman–Crippen MR) is 103 cm³/mol. The lowest BCUT2D eigenvalue weighted by atomic mass is 10.1. The molecule has 0 spiro atoms. The minimum absolute atomic E-state index is 0.102. The highest BCUT2D eigenvalue weighted by molar-refractivity contribution is 5.78. The Balaban J connectivity index is 1.55. The fourth-order valence-electron chi connectivity index (χ4n) is 3.11. The summed E-state index contributed by atoms with van der Waals surface area (Å²) in [6.45, 7) is 3.72. The highest BCUT2D eigenvalue weighted by atomic mass is 19.1. The topological polar surface area (TPSA) is 54.1 Å². The molecule has 2 aromatic carbocycles. The van der Waals surface area contributed by atoms with E-state index in [9.17, 15) is 4.39 Å². The molecule has 1 fully saturated rings. The zero-order chi connectivity index (χ0) is 18.4. The number of nitrogens with two attached hydrogens (primary N) is 1. The summed E-state index contributed by atoms with van der Waals surface area (Å²) in [6.07, 6.45) is -0.102. The van der Waals surface area contributed by atoms with Crippen LogP contribution in [0.1, 0.15) is 11.7 Å². The Morgan fingerprint density at radius 1 is 1.08 bits per heavy atom. The number of guanidine groups is 1. The maximum absolute atomic E-state index is 13.1. The van der Waals surface area contributed by atoms with Gasteiger partial charge in [-0.05, 0) is 29.8 Å². The summed E-state index contributed by atoms with van der Waals surface area (Å²) in [5.74, 6) is 0.330. The second-order valence-corrected chi connectivity index (χ2v) is 6.28. The minimum atomic E-state index is -0.213. The first-order chi connectivity index (χ1) is 12.7. The van der Waals surface area contributed by atoms with E-state index in [-0.39, 0.29) is 11.9 Å². The average Bonchev–Trinajstić information content (AvgIpc) is 2.70. The molecule has 1 atom stereocenters. The van der Waals surface area contributed by atoms with Crippen LogP contribution in [0.3, 0.4) is 0 Å². The van der Waals surface area contributed by atoms with E-state index in [0.29, 0.717) is 12.5 Å². The van der Waals surface area contributed by atoms with Crippen molar-refractivity contribution in [2.24, 2.45) is 10.7 Å². The van der Waals surface area contributed by atoms with Gasteiger partial charge in [-0.3, -0.25) is 4.99 Å². The number of halogens is 1. The molecule has 0 aromatic heterocycles. The van der Waals surface area contributed by atoms with Gasteiger partial charge in [-0.2, -0.15) is 0 Å². The third-order valence-electron chi connectivity index (χ3n) is 4.67. The normalized spacial score (nSPS) is 16.6. The average molecular weight is 356 g/mol. The number of anilines is 1. The smallest absolute Gasteiger partial charge is 0.191 e. The Kier molecular flexibility index (Phi) is 6.07. The van der Waals surface area contributed by atoms with E-state index in [1.54, 1.807) is 7.11 Å². The Morgan fingerprint density at radius 3 is 2.35 bits per heavy atom. The molecule has 26 heavy (non-hydrogen) atoms. The molecule has 1 saturated heterocycles. The maximum atomic E-state index is 13.1. The Hall–Kier alpha value is -2.60. The lowest BCUT2D eigenvalue weighted by molar-refractivity contribution is 0.110. The molecule has 2 N–H and O–H groups in total. The van der Waals surface area contributed by atoms with Crippen molar-refractivity contribution in [3.05, 3.63) is 66.0 Å². The fraction of sp³-hybridized carbons (Fsp3) is 0.350. The molecule has 1 aliphatic rings. The minimum Gasteiger partial charge on any atom is -0.375 e. The van der Waals surface area contributed by atoms with E-state index in [1.165, 1.54) is 12.1 Å². The molecule has 1 aliphatic heterocycles. The first kappa shape index (κ1) is 18.2. The fourth-order valence-corrected chi connectivity index (χ4v) is 3.11. The second-order valence-electron chi connectivity index (χ2n) is 6.28. The number of aliphatic imine (C=N–C) groups is 1. The Morgan fingerprint density at radius 2 is 1.73 bits per heavy atom. The lowest BCUT2D eigenvalue weighted by Gasteiger charge is -2.36. The van der Waals surface area contributed by atoms with Gasteiger partial charge in [0.05, 0.1) is 6.54 Å². The number of methoxy groups -OCH3 is 1. The van der Waals surface area contributed by atoms with Gasteiger partial charge in [0.1, 0.15) is 11.9 Å². The first-order valence-electron chi connectivity index (χ1n) is 8.80. The molecule has 3 rings (SSSR count). The van der Waals surface area contributed by atoms with Gasteiger partial charge >= 0.3 is 0 Å². The van der Waals surface area contributed by atoms with E-state index in [0.717, 1.165) is 37.4 Å². The van der Waals surface area contributed by atoms with Gasteiger partial charge in [-0.1, -0.05) is 30.3 Å². The van der Waals surface area contributed by atoms with Gasteiger partial charge < -0.3 is 20.3 Å². The monoisotopic (exact) mass is 356 g/mol. The summed E-state index contributed by atoms with van der Waals surface area (Å²) in [4.78, 5) is 8.84. The number of rotatable bonds is 5. The highest BCUT2D eigenvalue weighted by Gasteiger charge is 2.19. The molecule has 2 aromatic rings. The first-order valence-corrected chi connectivity index (χ1v) is 8.80. The van der Waals surface area contributed by atoms with Gasteiger partial charge in [0, 0.05) is 39.0 Å². The van der Waals surface area contributed by atoms with Crippen molar-refractivity contribution in [3.8, 4) is 0 Å². The van der Waals surface area contributed by atoms with E-state index in [2.05, 4.69) is 14.8 Å². The summed E-state index contributed by atoms with van der Waals surface area (Å²) < 4.78 is 18.6. The van der Waals surface area contributed by atoms with Crippen LogP contribution in [0.2, 0.25) is 0 Å². The lowest BCUT2D eigenvalue weighted by Crippen LogP contribution is -2.51. The van der Waals surface area contributed by atoms with Crippen molar-refractivity contribution in [2.75, 3.05) is 44.7 Å². The van der Waals surface area contributed by atoms with E-state index in [4.69, 9.17) is 10.5 Å². The second kappa shape index (κ2) is 8.67. The molecule has 6 heteroatoms. The number of piperazine rings is 1. The molecule has 0 saturated carbocycles. The van der Waals surface area contributed by atoms with Crippen molar-refractivity contribution in [3.63, 3.8) is 0 Å². The quantitative estimate of drug-likeness (QED) is 0.661. The van der Waals surface area contributed by atoms with Crippen LogP contribution in [-0.4, -0.2) is 50.7 Å². The van der Waals surface area contributed by atoms with E-state index >= 15 is 0 Å². The van der Waals surface area contributed by atoms with Crippen LogP contribution in [0.15, 0.2) is 59.6 Å². The number of hydrogen-bond donors (Lipinski definition) is 1. The zero-order valence-electron chi connectivity index (χ0n) is 15.0. The molecule has 1 unspecified atom stereocenters. The SMILES string of the molecule is COC(CN=C(N)N1CCN(c2ccc(F)cc2)CC1)c1ccccc1. The molecular formula is C20H25FN4O. The van der Waals surface area contributed by atoms with Crippen LogP contribution < -0.4 is 10.6 Å². The van der Waals surface area contributed by atoms with Gasteiger partial charge in [0.25, 0.3) is 0 Å². The largest absolute Gasteiger partial charge is 0.375 e. The van der Waals surface area contributed by atoms with Gasteiger partial charge in [0.2, 0.25) is 0 Å². The third-order valence-corrected chi connectivity index (χ3v) is 4.67. The summed E-state index contributed by atoms with van der Waals surface area (Å²) in [6, 6.07) is 16.6. The molecule has 5 nitrogen and oxygen atoms in total. The molecule has 1 heterocycles. The van der Waals surface area contributed by atoms with Crippen LogP contribution in [0.5, 0.6) is 0 Å². The number of benzene rings is 2. The van der Waals surface area contributed by atoms with E-state index in [1.807, 2.05) is 42.5 Å². The summed E-state index contributed by atoms with van der Waals surface area (Å²) in [5.41, 5.74) is 8.31. The molecular weight excluding hydrogens is 331 g/mol. The highest BCUT2D eigenvalue weighted by Crippen LogP contribution is 2.18. The third kappa shape index (κ3) is 4.52. The summed E-state index contributed by atoms with van der Waals surface area (Å²) in [5, 5.41) is 0. The molecule has 0 aliphatic carbocycles. The molecule has 0 amide bonds. The maximum Gasteiger partial charge on any atom is 0.191 e. The molecule has 138 valence electrons. The van der Waals surface area contributed by atoms with Crippen molar-refractivity contribution in [2.45, 2.75) is 6.10 Å². The van der Waals surface area contributed by atoms with Crippen LogP contribution in [-0.2, 0) is 4.74 Å². The molecule has 0 radical (unpaired) electrons. The van der Waals surface area contributed by atoms with Crippen molar-refractivity contribution in [1.29, 1.82) is 0 Å². The predicted octanol–water partition coefficient (Wildman–Crippen LogP) is 2.65. The number of nitrogens with zero attached hydrogens (tertiary/aromatic N) is 3. The number of ether oxygens (including phenoxy) is 1. The van der Waals surface area contributed by atoms with Crippen LogP contribution in [0, 0.1) is 5.82 Å². The van der Waals surface area contributed by atoms with Crippen LogP contribution >= 0.6 is 0 Å².